The van der Waals surface area contributed by atoms with E-state index in [1.165, 1.54) is 0 Å². The summed E-state index contributed by atoms with van der Waals surface area (Å²) < 4.78 is 1.03. The highest BCUT2D eigenvalue weighted by Gasteiger charge is 2.12. The lowest BCUT2D eigenvalue weighted by molar-refractivity contribution is 0.177. The first kappa shape index (κ1) is 12.3. The zero-order valence-electron chi connectivity index (χ0n) is 9.60. The topological polar surface area (TPSA) is 33.1 Å². The van der Waals surface area contributed by atoms with Crippen LogP contribution in [0.3, 0.4) is 0 Å². The summed E-state index contributed by atoms with van der Waals surface area (Å²) in [6.45, 7) is 1.92. The molecule has 3 heteroatoms. The molecule has 1 atom stereocenters. The standard InChI is InChI=1S/C14H14BrNO/c1-10-12(6-4-8-16-10)14(17)9-11-5-2-3-7-13(11)15/h2-8,14,17H,9H2,1H3. The largest absolute Gasteiger partial charge is 0.388 e. The summed E-state index contributed by atoms with van der Waals surface area (Å²) in [5, 5.41) is 10.2. The van der Waals surface area contributed by atoms with Gasteiger partial charge in [0.25, 0.3) is 0 Å². The number of aliphatic hydroxyl groups is 1. The van der Waals surface area contributed by atoms with E-state index >= 15 is 0 Å². The van der Waals surface area contributed by atoms with Crippen molar-refractivity contribution >= 4 is 15.9 Å². The van der Waals surface area contributed by atoms with Gasteiger partial charge in [0.15, 0.2) is 0 Å². The quantitative estimate of drug-likeness (QED) is 0.940. The Kier molecular flexibility index (Phi) is 3.92. The van der Waals surface area contributed by atoms with Gasteiger partial charge in [-0.25, -0.2) is 0 Å². The van der Waals surface area contributed by atoms with Crippen molar-refractivity contribution in [1.82, 2.24) is 4.98 Å². The molecule has 17 heavy (non-hydrogen) atoms. The minimum Gasteiger partial charge on any atom is -0.388 e. The molecule has 0 spiro atoms. The maximum Gasteiger partial charge on any atom is 0.0848 e. The van der Waals surface area contributed by atoms with Crippen LogP contribution in [-0.2, 0) is 6.42 Å². The summed E-state index contributed by atoms with van der Waals surface area (Å²) in [5.41, 5.74) is 2.87. The van der Waals surface area contributed by atoms with Gasteiger partial charge < -0.3 is 5.11 Å². The molecule has 2 rings (SSSR count). The van der Waals surface area contributed by atoms with Crippen LogP contribution >= 0.6 is 15.9 Å². The fourth-order valence-electron chi connectivity index (χ4n) is 1.83. The van der Waals surface area contributed by atoms with Crippen molar-refractivity contribution in [2.24, 2.45) is 0 Å². The molecule has 2 nitrogen and oxygen atoms in total. The summed E-state index contributed by atoms with van der Waals surface area (Å²) in [4.78, 5) is 4.19. The third kappa shape index (κ3) is 2.93. The van der Waals surface area contributed by atoms with Crippen molar-refractivity contribution in [3.05, 3.63) is 63.9 Å². The second-order valence-electron chi connectivity index (χ2n) is 3.99. The lowest BCUT2D eigenvalue weighted by Crippen LogP contribution is -2.05. The molecule has 0 amide bonds. The van der Waals surface area contributed by atoms with Crippen molar-refractivity contribution in [3.63, 3.8) is 0 Å². The van der Waals surface area contributed by atoms with Crippen LogP contribution < -0.4 is 0 Å². The van der Waals surface area contributed by atoms with E-state index in [1.54, 1.807) is 6.20 Å². The molecule has 0 bridgehead atoms. The molecule has 0 fully saturated rings. The molecule has 0 aliphatic rings. The Labute approximate surface area is 109 Å². The maximum absolute atomic E-state index is 10.2. The number of aryl methyl sites for hydroxylation is 1. The Morgan fingerprint density at radius 1 is 1.24 bits per heavy atom. The van der Waals surface area contributed by atoms with Gasteiger partial charge in [-0.15, -0.1) is 0 Å². The van der Waals surface area contributed by atoms with Crippen molar-refractivity contribution in [3.8, 4) is 0 Å². The van der Waals surface area contributed by atoms with Gasteiger partial charge in [0, 0.05) is 28.3 Å². The number of nitrogens with zero attached hydrogens (tertiary/aromatic N) is 1. The first-order valence-corrected chi connectivity index (χ1v) is 6.31. The van der Waals surface area contributed by atoms with Crippen LogP contribution in [-0.4, -0.2) is 10.1 Å². The van der Waals surface area contributed by atoms with E-state index in [0.29, 0.717) is 6.42 Å². The van der Waals surface area contributed by atoms with Crippen molar-refractivity contribution in [2.75, 3.05) is 0 Å². The molecule has 1 heterocycles. The molecule has 0 aliphatic heterocycles. The Balaban J connectivity index is 2.20. The van der Waals surface area contributed by atoms with Gasteiger partial charge in [-0.05, 0) is 24.6 Å². The molecular formula is C14H14BrNO. The van der Waals surface area contributed by atoms with Gasteiger partial charge >= 0.3 is 0 Å². The Morgan fingerprint density at radius 3 is 2.71 bits per heavy atom. The van der Waals surface area contributed by atoms with Gasteiger partial charge in [0.05, 0.1) is 6.10 Å². The van der Waals surface area contributed by atoms with Crippen molar-refractivity contribution in [1.29, 1.82) is 0 Å². The van der Waals surface area contributed by atoms with Crippen molar-refractivity contribution in [2.45, 2.75) is 19.4 Å². The van der Waals surface area contributed by atoms with Gasteiger partial charge in [-0.1, -0.05) is 40.2 Å². The number of aromatic nitrogens is 1. The van der Waals surface area contributed by atoms with E-state index in [0.717, 1.165) is 21.3 Å². The van der Waals surface area contributed by atoms with E-state index in [9.17, 15) is 5.11 Å². The number of benzene rings is 1. The van der Waals surface area contributed by atoms with E-state index in [4.69, 9.17) is 0 Å². The molecule has 1 N–H and O–H groups in total. The highest BCUT2D eigenvalue weighted by molar-refractivity contribution is 9.10. The van der Waals surface area contributed by atoms with Crippen LogP contribution in [0.4, 0.5) is 0 Å². The van der Waals surface area contributed by atoms with Crippen LogP contribution in [0.1, 0.15) is 22.9 Å². The lowest BCUT2D eigenvalue weighted by Gasteiger charge is -2.13. The van der Waals surface area contributed by atoms with E-state index in [1.807, 2.05) is 43.3 Å². The summed E-state index contributed by atoms with van der Waals surface area (Å²) in [7, 11) is 0. The number of aliphatic hydroxyl groups excluding tert-OH is 1. The van der Waals surface area contributed by atoms with E-state index in [-0.39, 0.29) is 0 Å². The maximum atomic E-state index is 10.2. The summed E-state index contributed by atoms with van der Waals surface area (Å²) in [5.74, 6) is 0. The number of halogens is 1. The predicted octanol–water partition coefficient (Wildman–Crippen LogP) is 3.43. The fraction of sp³-hybridized carbons (Fsp3) is 0.214. The van der Waals surface area contributed by atoms with Crippen LogP contribution in [0.25, 0.3) is 0 Å². The first-order chi connectivity index (χ1) is 8.18. The smallest absolute Gasteiger partial charge is 0.0848 e. The minimum absolute atomic E-state index is 0.512. The first-order valence-electron chi connectivity index (χ1n) is 5.51. The monoisotopic (exact) mass is 291 g/mol. The zero-order chi connectivity index (χ0) is 12.3. The van der Waals surface area contributed by atoms with Gasteiger partial charge in [-0.3, -0.25) is 4.98 Å². The van der Waals surface area contributed by atoms with Crippen molar-refractivity contribution < 1.29 is 5.11 Å². The summed E-state index contributed by atoms with van der Waals surface area (Å²) >= 11 is 3.49. The number of hydrogen-bond donors (Lipinski definition) is 1. The van der Waals surface area contributed by atoms with E-state index < -0.39 is 6.10 Å². The van der Waals surface area contributed by atoms with Crippen LogP contribution in [0.5, 0.6) is 0 Å². The Morgan fingerprint density at radius 2 is 2.00 bits per heavy atom. The summed E-state index contributed by atoms with van der Waals surface area (Å²) in [6, 6.07) is 11.7. The molecule has 1 aromatic heterocycles. The SMILES string of the molecule is Cc1ncccc1C(O)Cc1ccccc1Br. The molecule has 88 valence electrons. The normalized spacial score (nSPS) is 12.4. The zero-order valence-corrected chi connectivity index (χ0v) is 11.2. The average Bonchev–Trinajstić information content (AvgIpc) is 2.32. The van der Waals surface area contributed by atoms with Gasteiger partial charge in [0.2, 0.25) is 0 Å². The molecule has 0 aliphatic carbocycles. The summed E-state index contributed by atoms with van der Waals surface area (Å²) in [6.07, 6.45) is 1.82. The fourth-order valence-corrected chi connectivity index (χ4v) is 2.28. The lowest BCUT2D eigenvalue weighted by atomic mass is 10.0. The molecule has 0 saturated heterocycles. The highest BCUT2D eigenvalue weighted by atomic mass is 79.9. The van der Waals surface area contributed by atoms with Gasteiger partial charge in [0.1, 0.15) is 0 Å². The molecule has 1 aromatic carbocycles. The second-order valence-corrected chi connectivity index (χ2v) is 4.84. The molecule has 0 radical (unpaired) electrons. The number of hydrogen-bond acceptors (Lipinski definition) is 2. The number of rotatable bonds is 3. The Hall–Kier alpha value is -1.19. The minimum atomic E-state index is -0.512. The Bertz CT molecular complexity index is 513. The van der Waals surface area contributed by atoms with Crippen LogP contribution in [0.2, 0.25) is 0 Å². The molecule has 0 saturated carbocycles. The number of pyridine rings is 1. The third-order valence-electron chi connectivity index (χ3n) is 2.78. The molecular weight excluding hydrogens is 278 g/mol. The predicted molar refractivity (Wildman–Crippen MR) is 71.8 cm³/mol. The highest BCUT2D eigenvalue weighted by Crippen LogP contribution is 2.24. The van der Waals surface area contributed by atoms with Crippen LogP contribution in [0, 0.1) is 6.92 Å². The third-order valence-corrected chi connectivity index (χ3v) is 3.55. The molecule has 1 unspecified atom stereocenters. The second kappa shape index (κ2) is 5.43. The van der Waals surface area contributed by atoms with Gasteiger partial charge in [-0.2, -0.15) is 0 Å². The van der Waals surface area contributed by atoms with Crippen LogP contribution in [0.15, 0.2) is 47.1 Å². The van der Waals surface area contributed by atoms with E-state index in [2.05, 4.69) is 20.9 Å². The molecule has 2 aromatic rings. The average molecular weight is 292 g/mol.